The standard InChI is InChI=1S/C22H22FN5O2/c1-22(29,15-4-3-5-16(23)7-15)20-8-19(27-30-20)18-11-25-21-17(18)6-13(9-24-21)14-10-26-28(2)12-14/h3-8,10,12-13,18,29H,9,11H2,1-2H3,(H,24,25). The van der Waals surface area contributed by atoms with Crippen molar-refractivity contribution in [3.63, 3.8) is 0 Å². The Balaban J connectivity index is 1.45. The Morgan fingerprint density at radius 1 is 1.33 bits per heavy atom. The summed E-state index contributed by atoms with van der Waals surface area (Å²) in [5.74, 6) is 0.850. The quantitative estimate of drug-likeness (QED) is 0.694. The first kappa shape index (κ1) is 18.7. The van der Waals surface area contributed by atoms with Gasteiger partial charge < -0.3 is 14.9 Å². The normalized spacial score (nSPS) is 22.7. The molecule has 1 fully saturated rings. The van der Waals surface area contributed by atoms with E-state index in [9.17, 15) is 9.50 Å². The lowest BCUT2D eigenvalue weighted by Crippen LogP contribution is -2.22. The van der Waals surface area contributed by atoms with Gasteiger partial charge in [0.25, 0.3) is 0 Å². The lowest BCUT2D eigenvalue weighted by molar-refractivity contribution is 0.0690. The van der Waals surface area contributed by atoms with Crippen molar-refractivity contribution in [3.05, 3.63) is 82.8 Å². The van der Waals surface area contributed by atoms with Crippen molar-refractivity contribution >= 4 is 5.84 Å². The molecule has 0 amide bonds. The number of halogens is 1. The minimum absolute atomic E-state index is 0.0379. The number of benzene rings is 1. The summed E-state index contributed by atoms with van der Waals surface area (Å²) in [6.45, 7) is 2.89. The van der Waals surface area contributed by atoms with E-state index < -0.39 is 11.4 Å². The number of nitrogens with one attached hydrogen (secondary N) is 1. The van der Waals surface area contributed by atoms with Crippen LogP contribution in [-0.2, 0) is 12.6 Å². The number of amidine groups is 1. The molecule has 8 heteroatoms. The van der Waals surface area contributed by atoms with Crippen LogP contribution in [0.3, 0.4) is 0 Å². The lowest BCUT2D eigenvalue weighted by Gasteiger charge is -2.20. The molecule has 5 rings (SSSR count). The van der Waals surface area contributed by atoms with Gasteiger partial charge in [0.2, 0.25) is 0 Å². The topological polar surface area (TPSA) is 88.5 Å². The summed E-state index contributed by atoms with van der Waals surface area (Å²) >= 11 is 0. The van der Waals surface area contributed by atoms with Gasteiger partial charge in [0, 0.05) is 37.3 Å². The minimum atomic E-state index is -1.49. The van der Waals surface area contributed by atoms with Crippen LogP contribution < -0.4 is 5.32 Å². The fourth-order valence-electron chi connectivity index (χ4n) is 4.09. The third kappa shape index (κ3) is 3.13. The van der Waals surface area contributed by atoms with E-state index in [1.165, 1.54) is 12.1 Å². The zero-order valence-corrected chi connectivity index (χ0v) is 16.7. The van der Waals surface area contributed by atoms with E-state index >= 15 is 0 Å². The molecule has 0 saturated carbocycles. The van der Waals surface area contributed by atoms with E-state index in [0.29, 0.717) is 24.3 Å². The molecule has 0 aliphatic carbocycles. The van der Waals surface area contributed by atoms with Crippen LogP contribution in [0.25, 0.3) is 0 Å². The van der Waals surface area contributed by atoms with Gasteiger partial charge in [-0.05, 0) is 30.2 Å². The Hall–Kier alpha value is -3.26. The van der Waals surface area contributed by atoms with Crippen LogP contribution in [0.5, 0.6) is 0 Å². The molecule has 0 spiro atoms. The molecular formula is C22H22FN5O2. The zero-order chi connectivity index (χ0) is 20.9. The molecule has 7 nitrogen and oxygen atoms in total. The second kappa shape index (κ2) is 6.91. The van der Waals surface area contributed by atoms with Gasteiger partial charge in [-0.1, -0.05) is 23.4 Å². The van der Waals surface area contributed by atoms with Crippen molar-refractivity contribution in [1.82, 2.24) is 20.3 Å². The Morgan fingerprint density at radius 2 is 2.20 bits per heavy atom. The maximum Gasteiger partial charge on any atom is 0.172 e. The molecule has 3 atom stereocenters. The molecule has 0 bridgehead atoms. The SMILES string of the molecule is Cn1cc(C2C=C3C(=NC2)NCC3c2cc(C(C)(O)c3cccc(F)c3)on2)cn1. The predicted molar refractivity (Wildman–Crippen MR) is 109 cm³/mol. The molecular weight excluding hydrogens is 385 g/mol. The molecule has 0 radical (unpaired) electrons. The monoisotopic (exact) mass is 407 g/mol. The highest BCUT2D eigenvalue weighted by molar-refractivity contribution is 6.02. The van der Waals surface area contributed by atoms with Gasteiger partial charge in [-0.2, -0.15) is 5.10 Å². The number of dihydropyridines is 1. The summed E-state index contributed by atoms with van der Waals surface area (Å²) in [7, 11) is 1.90. The van der Waals surface area contributed by atoms with Gasteiger partial charge in [0.1, 0.15) is 17.3 Å². The molecule has 2 aliphatic heterocycles. The number of nitrogens with zero attached hydrogens (tertiary/aromatic N) is 4. The van der Waals surface area contributed by atoms with Crippen LogP contribution in [-0.4, -0.2) is 39.0 Å². The number of fused-ring (bicyclic) bond motifs is 1. The summed E-state index contributed by atoms with van der Waals surface area (Å²) in [6.07, 6.45) is 6.08. The maximum atomic E-state index is 13.6. The van der Waals surface area contributed by atoms with E-state index in [0.717, 1.165) is 17.0 Å². The molecule has 1 saturated heterocycles. The lowest BCUT2D eigenvalue weighted by atomic mass is 9.89. The van der Waals surface area contributed by atoms with E-state index in [4.69, 9.17) is 9.52 Å². The summed E-state index contributed by atoms with van der Waals surface area (Å²) in [6, 6.07) is 7.60. The first-order valence-corrected chi connectivity index (χ1v) is 9.86. The number of aromatic nitrogens is 3. The van der Waals surface area contributed by atoms with Gasteiger partial charge >= 0.3 is 0 Å². The highest BCUT2D eigenvalue weighted by Crippen LogP contribution is 2.37. The van der Waals surface area contributed by atoms with Gasteiger partial charge in [0.15, 0.2) is 5.76 Å². The van der Waals surface area contributed by atoms with Gasteiger partial charge in [0.05, 0.1) is 24.4 Å². The highest BCUT2D eigenvalue weighted by atomic mass is 19.1. The Labute approximate surface area is 172 Å². The van der Waals surface area contributed by atoms with E-state index in [1.54, 1.807) is 29.8 Å². The number of hydrogen-bond donors (Lipinski definition) is 2. The largest absolute Gasteiger partial charge is 0.377 e. The number of hydrogen-bond acceptors (Lipinski definition) is 6. The van der Waals surface area contributed by atoms with Crippen molar-refractivity contribution in [2.75, 3.05) is 13.1 Å². The molecule has 2 N–H and O–H groups in total. The molecule has 2 aromatic heterocycles. The molecule has 30 heavy (non-hydrogen) atoms. The van der Waals surface area contributed by atoms with E-state index in [-0.39, 0.29) is 17.6 Å². The van der Waals surface area contributed by atoms with Crippen molar-refractivity contribution in [2.45, 2.75) is 24.4 Å². The third-order valence-electron chi connectivity index (χ3n) is 5.85. The Bertz CT molecular complexity index is 1160. The molecule has 1 aromatic carbocycles. The first-order valence-electron chi connectivity index (χ1n) is 9.86. The third-order valence-corrected chi connectivity index (χ3v) is 5.85. The Kier molecular flexibility index (Phi) is 4.32. The molecule has 4 heterocycles. The van der Waals surface area contributed by atoms with Crippen LogP contribution in [0.1, 0.15) is 41.3 Å². The van der Waals surface area contributed by atoms with Crippen LogP contribution in [0, 0.1) is 5.82 Å². The fraction of sp³-hybridized carbons (Fsp3) is 0.318. The number of aliphatic hydroxyl groups is 1. The van der Waals surface area contributed by atoms with Crippen molar-refractivity contribution in [3.8, 4) is 0 Å². The summed E-state index contributed by atoms with van der Waals surface area (Å²) in [5, 5.41) is 22.8. The second-order valence-corrected chi connectivity index (χ2v) is 8.00. The second-order valence-electron chi connectivity index (χ2n) is 8.00. The summed E-state index contributed by atoms with van der Waals surface area (Å²) in [5.41, 5.74) is 1.81. The van der Waals surface area contributed by atoms with Crippen LogP contribution in [0.4, 0.5) is 4.39 Å². The molecule has 2 aliphatic rings. The predicted octanol–water partition coefficient (Wildman–Crippen LogP) is 2.61. The smallest absolute Gasteiger partial charge is 0.172 e. The fourth-order valence-corrected chi connectivity index (χ4v) is 4.09. The van der Waals surface area contributed by atoms with Crippen molar-refractivity contribution < 1.29 is 14.0 Å². The number of aryl methyl sites for hydroxylation is 1. The van der Waals surface area contributed by atoms with Gasteiger partial charge in [-0.3, -0.25) is 9.67 Å². The van der Waals surface area contributed by atoms with E-state index in [2.05, 4.69) is 21.6 Å². The average Bonchev–Trinajstić information content (AvgIpc) is 3.46. The van der Waals surface area contributed by atoms with Crippen molar-refractivity contribution in [2.24, 2.45) is 12.0 Å². The van der Waals surface area contributed by atoms with Crippen LogP contribution in [0.15, 0.2) is 63.9 Å². The average molecular weight is 407 g/mol. The summed E-state index contributed by atoms with van der Waals surface area (Å²) in [4.78, 5) is 4.70. The maximum absolute atomic E-state index is 13.6. The van der Waals surface area contributed by atoms with Gasteiger partial charge in [-0.15, -0.1) is 0 Å². The highest BCUT2D eigenvalue weighted by Gasteiger charge is 2.36. The number of rotatable bonds is 4. The van der Waals surface area contributed by atoms with E-state index in [1.807, 2.05) is 19.4 Å². The number of aliphatic imine (C=N–C) groups is 1. The minimum Gasteiger partial charge on any atom is -0.377 e. The molecule has 3 aromatic rings. The zero-order valence-electron chi connectivity index (χ0n) is 16.7. The van der Waals surface area contributed by atoms with Crippen LogP contribution in [0.2, 0.25) is 0 Å². The Morgan fingerprint density at radius 3 is 2.97 bits per heavy atom. The van der Waals surface area contributed by atoms with Gasteiger partial charge in [-0.25, -0.2) is 4.39 Å². The van der Waals surface area contributed by atoms with Crippen molar-refractivity contribution in [1.29, 1.82) is 0 Å². The first-order chi connectivity index (χ1) is 14.4. The molecule has 154 valence electrons. The molecule has 3 unspecified atom stereocenters. The van der Waals surface area contributed by atoms with Crippen LogP contribution >= 0.6 is 0 Å². The summed E-state index contributed by atoms with van der Waals surface area (Å²) < 4.78 is 20.9.